The van der Waals surface area contributed by atoms with Crippen molar-refractivity contribution in [3.63, 3.8) is 0 Å². The fraction of sp³-hybridized carbons (Fsp3) is 0.417. The predicted molar refractivity (Wildman–Crippen MR) is 72.8 cm³/mol. The summed E-state index contributed by atoms with van der Waals surface area (Å²) in [7, 11) is 0. The van der Waals surface area contributed by atoms with E-state index in [0.717, 1.165) is 0 Å². The lowest BCUT2D eigenvalue weighted by molar-refractivity contribution is 0.0936. The number of carbonyl (C=O) groups excluding carboxylic acids is 1. The Hall–Kier alpha value is -0.710. The van der Waals surface area contributed by atoms with Crippen LogP contribution in [0, 0.1) is 0 Å². The van der Waals surface area contributed by atoms with Gasteiger partial charge in [-0.3, -0.25) is 4.79 Å². The maximum Gasteiger partial charge on any atom is 0.251 e. The summed E-state index contributed by atoms with van der Waals surface area (Å²) >= 11 is 7.35. The quantitative estimate of drug-likeness (QED) is 0.865. The summed E-state index contributed by atoms with van der Waals surface area (Å²) in [5.74, 6) is -0.174. The predicted octanol–water partition coefficient (Wildman–Crippen LogP) is 2.18. The Bertz CT molecular complexity index is 383. The van der Waals surface area contributed by atoms with Gasteiger partial charge in [-0.25, -0.2) is 0 Å². The lowest BCUT2D eigenvalue weighted by Gasteiger charge is -2.21. The molecule has 0 aliphatic carbocycles. The molecule has 17 heavy (non-hydrogen) atoms. The van der Waals surface area contributed by atoms with Gasteiger partial charge in [0.05, 0.1) is 6.61 Å². The van der Waals surface area contributed by atoms with Crippen molar-refractivity contribution >= 4 is 29.3 Å². The normalized spacial score (nSPS) is 14.1. The lowest BCUT2D eigenvalue weighted by Crippen LogP contribution is -2.41. The number of hydrogen-bond acceptors (Lipinski definition) is 3. The molecule has 0 bridgehead atoms. The van der Waals surface area contributed by atoms with Crippen molar-refractivity contribution in [2.45, 2.75) is 18.2 Å². The van der Waals surface area contributed by atoms with Crippen LogP contribution in [0.5, 0.6) is 0 Å². The van der Waals surface area contributed by atoms with Gasteiger partial charge in [-0.15, -0.1) is 0 Å². The van der Waals surface area contributed by atoms with E-state index in [4.69, 9.17) is 16.7 Å². The molecule has 5 heteroatoms. The first-order chi connectivity index (χ1) is 8.08. The number of carbonyl (C=O) groups is 1. The zero-order chi connectivity index (χ0) is 12.8. The molecule has 2 N–H and O–H groups in total. The van der Waals surface area contributed by atoms with Crippen LogP contribution < -0.4 is 5.32 Å². The molecule has 1 aromatic carbocycles. The number of rotatable bonds is 5. The first kappa shape index (κ1) is 14.4. The van der Waals surface area contributed by atoms with Crippen LogP contribution in [0.15, 0.2) is 24.3 Å². The fourth-order valence-electron chi connectivity index (χ4n) is 1.45. The number of thioether (sulfide) groups is 1. The Balaban J connectivity index is 2.66. The number of benzene rings is 1. The van der Waals surface area contributed by atoms with Crippen molar-refractivity contribution in [2.24, 2.45) is 0 Å². The van der Waals surface area contributed by atoms with Crippen LogP contribution in [0.2, 0.25) is 5.02 Å². The van der Waals surface area contributed by atoms with Crippen LogP contribution in [-0.2, 0) is 0 Å². The van der Waals surface area contributed by atoms with Gasteiger partial charge in [-0.2, -0.15) is 11.8 Å². The Morgan fingerprint density at radius 2 is 2.29 bits per heavy atom. The molecular formula is C12H16ClNO2S. The molecular weight excluding hydrogens is 258 g/mol. The molecule has 1 amide bonds. The van der Waals surface area contributed by atoms with Gasteiger partial charge < -0.3 is 10.4 Å². The average molecular weight is 274 g/mol. The Labute approximate surface area is 111 Å². The number of nitrogens with one attached hydrogen (secondary N) is 1. The Kier molecular flexibility index (Phi) is 5.82. The highest BCUT2D eigenvalue weighted by molar-refractivity contribution is 7.99. The molecule has 0 aliphatic heterocycles. The van der Waals surface area contributed by atoms with Gasteiger partial charge >= 0.3 is 0 Å². The molecule has 0 aromatic heterocycles. The Morgan fingerprint density at radius 1 is 1.59 bits per heavy atom. The van der Waals surface area contributed by atoms with Crippen molar-refractivity contribution < 1.29 is 9.90 Å². The van der Waals surface area contributed by atoms with Gasteiger partial charge in [0.1, 0.15) is 0 Å². The van der Waals surface area contributed by atoms with Crippen LogP contribution in [-0.4, -0.2) is 35.2 Å². The molecule has 0 radical (unpaired) electrons. The third kappa shape index (κ3) is 4.22. The van der Waals surface area contributed by atoms with E-state index in [1.807, 2.05) is 13.2 Å². The van der Waals surface area contributed by atoms with Crippen molar-refractivity contribution in [3.05, 3.63) is 34.9 Å². The number of aliphatic hydroxyl groups excluding tert-OH is 1. The van der Waals surface area contributed by atoms with E-state index in [1.54, 1.807) is 24.3 Å². The highest BCUT2D eigenvalue weighted by Gasteiger charge is 2.18. The van der Waals surface area contributed by atoms with Gasteiger partial charge in [0.25, 0.3) is 5.91 Å². The monoisotopic (exact) mass is 273 g/mol. The maximum absolute atomic E-state index is 11.9. The van der Waals surface area contributed by atoms with Crippen LogP contribution in [0.25, 0.3) is 0 Å². The van der Waals surface area contributed by atoms with Gasteiger partial charge in [0, 0.05) is 21.9 Å². The molecule has 94 valence electrons. The molecule has 0 spiro atoms. The van der Waals surface area contributed by atoms with Crippen LogP contribution in [0.4, 0.5) is 0 Å². The van der Waals surface area contributed by atoms with Crippen LogP contribution in [0.1, 0.15) is 17.3 Å². The number of halogens is 1. The first-order valence-corrected chi connectivity index (χ1v) is 6.95. The van der Waals surface area contributed by atoms with Gasteiger partial charge in [-0.05, 0) is 31.4 Å². The molecule has 0 saturated heterocycles. The highest BCUT2D eigenvalue weighted by atomic mass is 35.5. The molecule has 2 atom stereocenters. The summed E-state index contributed by atoms with van der Waals surface area (Å²) in [5.41, 5.74) is 0.530. The molecule has 1 rings (SSSR count). The largest absolute Gasteiger partial charge is 0.395 e. The van der Waals surface area contributed by atoms with E-state index in [9.17, 15) is 4.79 Å². The number of aliphatic hydroxyl groups is 1. The third-order valence-electron chi connectivity index (χ3n) is 2.49. The fourth-order valence-corrected chi connectivity index (χ4v) is 2.27. The van der Waals surface area contributed by atoms with Gasteiger partial charge in [0.2, 0.25) is 0 Å². The molecule has 0 saturated carbocycles. The molecule has 0 heterocycles. The van der Waals surface area contributed by atoms with Gasteiger partial charge in [0.15, 0.2) is 0 Å². The minimum absolute atomic E-state index is 0.00173. The first-order valence-electron chi connectivity index (χ1n) is 5.28. The summed E-state index contributed by atoms with van der Waals surface area (Å²) < 4.78 is 0. The summed E-state index contributed by atoms with van der Waals surface area (Å²) in [6.45, 7) is 1.91. The number of hydrogen-bond donors (Lipinski definition) is 2. The molecule has 3 nitrogen and oxygen atoms in total. The lowest BCUT2D eigenvalue weighted by atomic mass is 10.2. The second-order valence-corrected chi connectivity index (χ2v) is 5.24. The average Bonchev–Trinajstić information content (AvgIpc) is 2.30. The molecule has 0 unspecified atom stereocenters. The Morgan fingerprint density at radius 3 is 2.82 bits per heavy atom. The minimum atomic E-state index is -0.174. The molecule has 0 aliphatic rings. The highest BCUT2D eigenvalue weighted by Crippen LogP contribution is 2.13. The summed E-state index contributed by atoms with van der Waals surface area (Å²) in [6, 6.07) is 6.69. The maximum atomic E-state index is 11.9. The van der Waals surface area contributed by atoms with E-state index < -0.39 is 0 Å². The van der Waals surface area contributed by atoms with Gasteiger partial charge in [-0.1, -0.05) is 17.7 Å². The smallest absolute Gasteiger partial charge is 0.251 e. The second-order valence-electron chi connectivity index (χ2n) is 3.73. The van der Waals surface area contributed by atoms with Crippen molar-refractivity contribution in [1.29, 1.82) is 0 Å². The molecule has 1 aromatic rings. The zero-order valence-corrected chi connectivity index (χ0v) is 11.4. The minimum Gasteiger partial charge on any atom is -0.395 e. The molecule has 0 fully saturated rings. The van der Waals surface area contributed by atoms with E-state index in [2.05, 4.69) is 5.32 Å². The van der Waals surface area contributed by atoms with Crippen LogP contribution >= 0.6 is 23.4 Å². The van der Waals surface area contributed by atoms with Crippen molar-refractivity contribution in [1.82, 2.24) is 5.32 Å². The summed E-state index contributed by atoms with van der Waals surface area (Å²) in [6.07, 6.45) is 1.91. The van der Waals surface area contributed by atoms with E-state index in [-0.39, 0.29) is 23.8 Å². The standard InChI is InChI=1S/C12H16ClNO2S/c1-8(11(7-15)17-2)14-12(16)9-4-3-5-10(13)6-9/h3-6,8,11,15H,7H2,1-2H3,(H,14,16)/t8-,11-/m1/s1. The van der Waals surface area contributed by atoms with E-state index >= 15 is 0 Å². The van der Waals surface area contributed by atoms with Crippen LogP contribution in [0.3, 0.4) is 0 Å². The zero-order valence-electron chi connectivity index (χ0n) is 9.81. The third-order valence-corrected chi connectivity index (χ3v) is 3.88. The van der Waals surface area contributed by atoms with Crippen molar-refractivity contribution in [2.75, 3.05) is 12.9 Å². The van der Waals surface area contributed by atoms with Crippen molar-refractivity contribution in [3.8, 4) is 0 Å². The topological polar surface area (TPSA) is 49.3 Å². The van der Waals surface area contributed by atoms with E-state index in [1.165, 1.54) is 11.8 Å². The van der Waals surface area contributed by atoms with E-state index in [0.29, 0.717) is 10.6 Å². The second kappa shape index (κ2) is 6.89. The summed E-state index contributed by atoms with van der Waals surface area (Å²) in [5, 5.41) is 12.5. The SMILES string of the molecule is CS[C@H](CO)[C@@H](C)NC(=O)c1cccc(Cl)c1. The number of amides is 1. The summed E-state index contributed by atoms with van der Waals surface area (Å²) in [4.78, 5) is 11.9.